The molecule has 0 bridgehead atoms. The van der Waals surface area contributed by atoms with Gasteiger partial charge in [0.2, 0.25) is 0 Å². The Bertz CT molecular complexity index is 461. The summed E-state index contributed by atoms with van der Waals surface area (Å²) in [6.45, 7) is 5.01. The van der Waals surface area contributed by atoms with E-state index in [0.717, 1.165) is 25.8 Å². The number of carbonyl (C=O) groups excluding carboxylic acids is 1. The molecule has 20 heavy (non-hydrogen) atoms. The molecular formula is C15H22FN3O. The number of carbonyl (C=O) groups is 1. The SMILES string of the molecule is CC1CN(CCC(=O)c2ccc(F)cn2)CC1N(C)C. The van der Waals surface area contributed by atoms with E-state index in [4.69, 9.17) is 0 Å². The molecule has 2 atom stereocenters. The normalized spacial score (nSPS) is 23.4. The van der Waals surface area contributed by atoms with Gasteiger partial charge >= 0.3 is 0 Å². The number of nitrogens with zero attached hydrogens (tertiary/aromatic N) is 3. The summed E-state index contributed by atoms with van der Waals surface area (Å²) in [5.74, 6) is 0.179. The van der Waals surface area contributed by atoms with Crippen LogP contribution in [0.2, 0.25) is 0 Å². The third kappa shape index (κ3) is 3.61. The molecule has 0 aliphatic carbocycles. The summed E-state index contributed by atoms with van der Waals surface area (Å²) >= 11 is 0. The average Bonchev–Trinajstić information content (AvgIpc) is 2.78. The molecule has 1 saturated heterocycles. The van der Waals surface area contributed by atoms with E-state index in [9.17, 15) is 9.18 Å². The Kier molecular flexibility index (Phi) is 4.83. The molecule has 0 spiro atoms. The Hall–Kier alpha value is -1.33. The maximum Gasteiger partial charge on any atom is 0.182 e. The molecule has 2 unspecified atom stereocenters. The topological polar surface area (TPSA) is 36.4 Å². The Morgan fingerprint density at radius 3 is 2.75 bits per heavy atom. The van der Waals surface area contributed by atoms with Crippen LogP contribution in [-0.2, 0) is 0 Å². The Balaban J connectivity index is 1.84. The summed E-state index contributed by atoms with van der Waals surface area (Å²) in [4.78, 5) is 20.4. The minimum absolute atomic E-state index is 0.0223. The predicted molar refractivity (Wildman–Crippen MR) is 76.2 cm³/mol. The molecule has 2 rings (SSSR count). The molecule has 0 N–H and O–H groups in total. The van der Waals surface area contributed by atoms with Crippen LogP contribution in [0.5, 0.6) is 0 Å². The molecule has 0 aromatic carbocycles. The number of likely N-dealkylation sites (tertiary alicyclic amines) is 1. The van der Waals surface area contributed by atoms with Gasteiger partial charge in [-0.3, -0.25) is 9.78 Å². The number of pyridine rings is 1. The maximum absolute atomic E-state index is 12.8. The van der Waals surface area contributed by atoms with Gasteiger partial charge in [0, 0.05) is 32.1 Å². The van der Waals surface area contributed by atoms with Gasteiger partial charge in [-0.15, -0.1) is 0 Å². The van der Waals surface area contributed by atoms with Crippen molar-refractivity contribution < 1.29 is 9.18 Å². The molecule has 5 heteroatoms. The van der Waals surface area contributed by atoms with E-state index in [1.807, 2.05) is 0 Å². The van der Waals surface area contributed by atoms with Crippen molar-refractivity contribution in [2.75, 3.05) is 33.7 Å². The lowest BCUT2D eigenvalue weighted by atomic mass is 10.1. The number of Topliss-reactive ketones (excluding diaryl/α,β-unsaturated/α-hetero) is 1. The first-order chi connectivity index (χ1) is 9.47. The summed E-state index contributed by atoms with van der Waals surface area (Å²) in [5, 5.41) is 0. The number of hydrogen-bond acceptors (Lipinski definition) is 4. The quantitative estimate of drug-likeness (QED) is 0.768. The summed E-state index contributed by atoms with van der Waals surface area (Å²) in [6, 6.07) is 3.28. The van der Waals surface area contributed by atoms with Crippen molar-refractivity contribution in [3.63, 3.8) is 0 Å². The minimum Gasteiger partial charge on any atom is -0.305 e. The van der Waals surface area contributed by atoms with Crippen molar-refractivity contribution in [1.82, 2.24) is 14.8 Å². The van der Waals surface area contributed by atoms with E-state index in [-0.39, 0.29) is 5.78 Å². The number of likely N-dealkylation sites (N-methyl/N-ethyl adjacent to an activating group) is 1. The molecule has 0 amide bonds. The van der Waals surface area contributed by atoms with Crippen LogP contribution < -0.4 is 0 Å². The number of hydrogen-bond donors (Lipinski definition) is 0. The minimum atomic E-state index is -0.413. The molecule has 4 nitrogen and oxygen atoms in total. The first-order valence-electron chi connectivity index (χ1n) is 7.01. The highest BCUT2D eigenvalue weighted by Gasteiger charge is 2.30. The van der Waals surface area contributed by atoms with E-state index < -0.39 is 5.82 Å². The molecular weight excluding hydrogens is 257 g/mol. The summed E-state index contributed by atoms with van der Waals surface area (Å²) in [5.41, 5.74) is 0.350. The van der Waals surface area contributed by atoms with Crippen LogP contribution in [0.1, 0.15) is 23.8 Å². The molecule has 1 aliphatic rings. The first kappa shape index (κ1) is 15.1. The van der Waals surface area contributed by atoms with Crippen molar-refractivity contribution in [3.8, 4) is 0 Å². The van der Waals surface area contributed by atoms with Gasteiger partial charge in [-0.05, 0) is 32.1 Å². The van der Waals surface area contributed by atoms with Gasteiger partial charge < -0.3 is 9.80 Å². The molecule has 1 aliphatic heterocycles. The van der Waals surface area contributed by atoms with Crippen LogP contribution >= 0.6 is 0 Å². The first-order valence-corrected chi connectivity index (χ1v) is 7.01. The van der Waals surface area contributed by atoms with Crippen molar-refractivity contribution in [1.29, 1.82) is 0 Å². The van der Waals surface area contributed by atoms with Crippen LogP contribution in [0.25, 0.3) is 0 Å². The van der Waals surface area contributed by atoms with Crippen molar-refractivity contribution in [3.05, 3.63) is 29.8 Å². The maximum atomic E-state index is 12.8. The Morgan fingerprint density at radius 2 is 2.20 bits per heavy atom. The monoisotopic (exact) mass is 279 g/mol. The van der Waals surface area contributed by atoms with Crippen molar-refractivity contribution >= 4 is 5.78 Å². The van der Waals surface area contributed by atoms with E-state index >= 15 is 0 Å². The molecule has 110 valence electrons. The van der Waals surface area contributed by atoms with Gasteiger partial charge in [-0.25, -0.2) is 4.39 Å². The van der Waals surface area contributed by atoms with E-state index in [1.54, 1.807) is 0 Å². The zero-order chi connectivity index (χ0) is 14.7. The van der Waals surface area contributed by atoms with Crippen LogP contribution in [0.3, 0.4) is 0 Å². The fraction of sp³-hybridized carbons (Fsp3) is 0.600. The highest BCUT2D eigenvalue weighted by atomic mass is 19.1. The molecule has 1 aromatic rings. The lowest BCUT2D eigenvalue weighted by Gasteiger charge is -2.22. The van der Waals surface area contributed by atoms with Gasteiger partial charge in [-0.1, -0.05) is 6.92 Å². The second-order valence-electron chi connectivity index (χ2n) is 5.80. The third-order valence-electron chi connectivity index (χ3n) is 3.98. The number of ketones is 1. The van der Waals surface area contributed by atoms with E-state index in [0.29, 0.717) is 24.1 Å². The number of rotatable bonds is 5. The number of aromatic nitrogens is 1. The summed E-state index contributed by atoms with van der Waals surface area (Å²) < 4.78 is 12.8. The third-order valence-corrected chi connectivity index (χ3v) is 3.98. The second-order valence-corrected chi connectivity index (χ2v) is 5.80. The lowest BCUT2D eigenvalue weighted by Crippen LogP contribution is -2.34. The van der Waals surface area contributed by atoms with Crippen molar-refractivity contribution in [2.45, 2.75) is 19.4 Å². The van der Waals surface area contributed by atoms with E-state index in [2.05, 4.69) is 35.8 Å². The highest BCUT2D eigenvalue weighted by molar-refractivity contribution is 5.94. The second kappa shape index (κ2) is 6.41. The largest absolute Gasteiger partial charge is 0.305 e. The van der Waals surface area contributed by atoms with Crippen LogP contribution in [0.4, 0.5) is 4.39 Å². The molecule has 2 heterocycles. The Labute approximate surface area is 119 Å². The highest BCUT2D eigenvalue weighted by Crippen LogP contribution is 2.20. The predicted octanol–water partition coefficient (Wildman–Crippen LogP) is 1.68. The summed E-state index contributed by atoms with van der Waals surface area (Å²) in [6.07, 6.45) is 1.53. The zero-order valence-electron chi connectivity index (χ0n) is 12.3. The van der Waals surface area contributed by atoms with Gasteiger partial charge in [0.05, 0.1) is 6.20 Å². The van der Waals surface area contributed by atoms with Gasteiger partial charge in [0.15, 0.2) is 5.78 Å². The van der Waals surface area contributed by atoms with Gasteiger partial charge in [0.1, 0.15) is 11.5 Å². The van der Waals surface area contributed by atoms with Gasteiger partial charge in [-0.2, -0.15) is 0 Å². The average molecular weight is 279 g/mol. The van der Waals surface area contributed by atoms with Gasteiger partial charge in [0.25, 0.3) is 0 Å². The van der Waals surface area contributed by atoms with E-state index in [1.165, 1.54) is 12.1 Å². The smallest absolute Gasteiger partial charge is 0.182 e. The molecule has 1 aromatic heterocycles. The van der Waals surface area contributed by atoms with Crippen molar-refractivity contribution in [2.24, 2.45) is 5.92 Å². The standard InChI is InChI=1S/C15H22FN3O/c1-11-9-19(10-14(11)18(2)3)7-6-15(20)13-5-4-12(16)8-17-13/h4-5,8,11,14H,6-7,9-10H2,1-3H3. The van der Waals surface area contributed by atoms with Crippen LogP contribution in [0.15, 0.2) is 18.3 Å². The summed E-state index contributed by atoms with van der Waals surface area (Å²) in [7, 11) is 4.19. The Morgan fingerprint density at radius 1 is 1.45 bits per heavy atom. The van der Waals surface area contributed by atoms with Crippen LogP contribution in [-0.4, -0.2) is 60.3 Å². The number of halogens is 1. The molecule has 0 saturated carbocycles. The fourth-order valence-electron chi connectivity index (χ4n) is 2.83. The molecule has 1 fully saturated rings. The lowest BCUT2D eigenvalue weighted by molar-refractivity contribution is 0.0962. The fourth-order valence-corrected chi connectivity index (χ4v) is 2.83. The molecule has 0 radical (unpaired) electrons. The van der Waals surface area contributed by atoms with Crippen LogP contribution in [0, 0.1) is 11.7 Å². The zero-order valence-corrected chi connectivity index (χ0v) is 12.3.